The van der Waals surface area contributed by atoms with E-state index < -0.39 is 5.63 Å². The Morgan fingerprint density at radius 3 is 2.34 bits per heavy atom. The number of hydrogen-bond donors (Lipinski definition) is 1. The van der Waals surface area contributed by atoms with Crippen LogP contribution >= 0.6 is 0 Å². The quantitative estimate of drug-likeness (QED) is 0.520. The van der Waals surface area contributed by atoms with Crippen molar-refractivity contribution in [1.82, 2.24) is 5.32 Å². The molecule has 1 amide bonds. The monoisotopic (exact) mass is 393 g/mol. The molecule has 148 valence electrons. The molecule has 0 atom stereocenters. The summed E-state index contributed by atoms with van der Waals surface area (Å²) in [7, 11) is 0. The van der Waals surface area contributed by atoms with E-state index in [0.29, 0.717) is 22.3 Å². The highest BCUT2D eigenvalue weighted by Gasteiger charge is 2.17. The van der Waals surface area contributed by atoms with Gasteiger partial charge in [-0.2, -0.15) is 0 Å². The van der Waals surface area contributed by atoms with E-state index in [4.69, 9.17) is 8.83 Å². The molecule has 0 unspecified atom stereocenters. The second-order valence-corrected chi connectivity index (χ2v) is 7.20. The van der Waals surface area contributed by atoms with Gasteiger partial charge in [0.25, 0.3) is 0 Å². The number of nitrogens with one attached hydrogen (secondary N) is 1. The van der Waals surface area contributed by atoms with E-state index in [0.717, 1.165) is 27.7 Å². The van der Waals surface area contributed by atoms with Crippen LogP contribution in [-0.4, -0.2) is 5.91 Å². The highest BCUT2D eigenvalue weighted by Crippen LogP contribution is 2.30. The zero-order valence-electron chi connectivity index (χ0n) is 16.4. The van der Waals surface area contributed by atoms with Gasteiger partial charge in [-0.3, -0.25) is 4.79 Å². The fourth-order valence-corrected chi connectivity index (χ4v) is 3.46. The summed E-state index contributed by atoms with van der Waals surface area (Å²) in [6.07, 6.45) is -0.0905. The predicted molar refractivity (Wildman–Crippen MR) is 108 cm³/mol. The van der Waals surface area contributed by atoms with E-state index in [1.165, 1.54) is 12.1 Å². The van der Waals surface area contributed by atoms with E-state index in [1.807, 2.05) is 26.8 Å². The third-order valence-electron chi connectivity index (χ3n) is 5.32. The number of carbonyl (C=O) groups is 1. The smallest absolute Gasteiger partial charge is 0.340 e. The molecule has 0 radical (unpaired) electrons. The number of amides is 1. The van der Waals surface area contributed by atoms with Crippen molar-refractivity contribution >= 4 is 27.8 Å². The molecular weight excluding hydrogens is 373 g/mol. The maximum absolute atomic E-state index is 13.0. The van der Waals surface area contributed by atoms with Crippen LogP contribution in [0.15, 0.2) is 50.0 Å². The Hall–Kier alpha value is -3.41. The molecule has 4 rings (SSSR count). The average Bonchev–Trinajstić information content (AvgIpc) is 2.96. The normalized spacial score (nSPS) is 11.3. The molecule has 1 N–H and O–H groups in total. The van der Waals surface area contributed by atoms with Gasteiger partial charge in [0.15, 0.2) is 0 Å². The molecule has 0 aliphatic rings. The van der Waals surface area contributed by atoms with E-state index in [2.05, 4.69) is 5.32 Å². The first kappa shape index (κ1) is 18.9. The number of rotatable bonds is 4. The summed E-state index contributed by atoms with van der Waals surface area (Å²) in [5.74, 6) is 0.179. The molecule has 4 aromatic rings. The van der Waals surface area contributed by atoms with E-state index >= 15 is 0 Å². The molecule has 29 heavy (non-hydrogen) atoms. The summed E-state index contributed by atoms with van der Waals surface area (Å²) in [5, 5.41) is 4.49. The molecule has 0 saturated heterocycles. The molecule has 6 heteroatoms. The van der Waals surface area contributed by atoms with Gasteiger partial charge >= 0.3 is 5.63 Å². The molecular formula is C23H20FNO4. The maximum Gasteiger partial charge on any atom is 0.340 e. The topological polar surface area (TPSA) is 72.5 Å². The van der Waals surface area contributed by atoms with Crippen LogP contribution in [0.3, 0.4) is 0 Å². The molecule has 0 saturated carbocycles. The van der Waals surface area contributed by atoms with Crippen molar-refractivity contribution in [2.24, 2.45) is 0 Å². The minimum atomic E-state index is -0.536. The SMILES string of the molecule is Cc1oc2cc3oc(=O)c(CC(=O)NCc4ccc(F)cc4)c(C)c3cc2c1C. The summed E-state index contributed by atoms with van der Waals surface area (Å²) in [6.45, 7) is 5.94. The van der Waals surface area contributed by atoms with Gasteiger partial charge < -0.3 is 14.2 Å². The van der Waals surface area contributed by atoms with Crippen molar-refractivity contribution < 1.29 is 18.0 Å². The van der Waals surface area contributed by atoms with Gasteiger partial charge in [0, 0.05) is 23.4 Å². The lowest BCUT2D eigenvalue weighted by atomic mass is 10.0. The van der Waals surface area contributed by atoms with Crippen LogP contribution in [0.2, 0.25) is 0 Å². The van der Waals surface area contributed by atoms with Crippen LogP contribution in [0.4, 0.5) is 4.39 Å². The lowest BCUT2D eigenvalue weighted by Crippen LogP contribution is -2.27. The van der Waals surface area contributed by atoms with E-state index in [9.17, 15) is 14.0 Å². The molecule has 0 spiro atoms. The van der Waals surface area contributed by atoms with E-state index in [1.54, 1.807) is 18.2 Å². The Labute approximate surface area is 166 Å². The molecule has 0 aliphatic carbocycles. The van der Waals surface area contributed by atoms with Gasteiger partial charge in [-0.1, -0.05) is 12.1 Å². The van der Waals surface area contributed by atoms with Crippen molar-refractivity contribution in [3.63, 3.8) is 0 Å². The molecule has 2 heterocycles. The summed E-state index contributed by atoms with van der Waals surface area (Å²) in [4.78, 5) is 24.9. The van der Waals surface area contributed by atoms with Gasteiger partial charge in [-0.25, -0.2) is 9.18 Å². The van der Waals surface area contributed by atoms with Crippen molar-refractivity contribution in [1.29, 1.82) is 0 Å². The maximum atomic E-state index is 13.0. The number of carbonyl (C=O) groups excluding carboxylic acids is 1. The highest BCUT2D eigenvalue weighted by molar-refractivity contribution is 5.97. The van der Waals surface area contributed by atoms with Crippen molar-refractivity contribution in [2.75, 3.05) is 0 Å². The van der Waals surface area contributed by atoms with Gasteiger partial charge in [-0.15, -0.1) is 0 Å². The van der Waals surface area contributed by atoms with Gasteiger partial charge in [0.05, 0.1) is 12.0 Å². The highest BCUT2D eigenvalue weighted by atomic mass is 19.1. The third-order valence-corrected chi connectivity index (χ3v) is 5.32. The lowest BCUT2D eigenvalue weighted by molar-refractivity contribution is -0.120. The molecule has 0 fully saturated rings. The standard InChI is InChI=1S/C23H20FNO4/c1-12-14(3)28-20-10-21-18(8-17(12)20)13(2)19(23(27)29-21)9-22(26)25-11-15-4-6-16(24)7-5-15/h4-8,10H,9,11H2,1-3H3,(H,25,26). The zero-order chi connectivity index (χ0) is 20.7. The van der Waals surface area contributed by atoms with Crippen LogP contribution in [0.1, 0.15) is 28.0 Å². The Bertz CT molecular complexity index is 1300. The molecule has 2 aromatic carbocycles. The Kier molecular flexibility index (Phi) is 4.70. The fraction of sp³-hybridized carbons (Fsp3) is 0.217. The number of halogens is 1. The van der Waals surface area contributed by atoms with Gasteiger partial charge in [0.1, 0.15) is 22.7 Å². The fourth-order valence-electron chi connectivity index (χ4n) is 3.46. The Morgan fingerprint density at radius 2 is 1.62 bits per heavy atom. The van der Waals surface area contributed by atoms with Crippen LogP contribution in [-0.2, 0) is 17.8 Å². The summed E-state index contributed by atoms with van der Waals surface area (Å²) in [6, 6.07) is 9.54. The Morgan fingerprint density at radius 1 is 0.966 bits per heavy atom. The second-order valence-electron chi connectivity index (χ2n) is 7.20. The first-order valence-corrected chi connectivity index (χ1v) is 9.30. The van der Waals surface area contributed by atoms with Crippen molar-refractivity contribution in [2.45, 2.75) is 33.7 Å². The van der Waals surface area contributed by atoms with Crippen molar-refractivity contribution in [3.05, 3.63) is 80.6 Å². The number of furan rings is 1. The minimum Gasteiger partial charge on any atom is -0.461 e. The predicted octanol–water partition coefficient (Wildman–Crippen LogP) is 4.46. The summed E-state index contributed by atoms with van der Waals surface area (Å²) < 4.78 is 24.2. The third kappa shape index (κ3) is 3.53. The van der Waals surface area contributed by atoms with Gasteiger partial charge in [0.2, 0.25) is 5.91 Å². The number of aryl methyl sites for hydroxylation is 3. The van der Waals surface area contributed by atoms with Crippen LogP contribution in [0.5, 0.6) is 0 Å². The second kappa shape index (κ2) is 7.20. The largest absolute Gasteiger partial charge is 0.461 e. The molecule has 0 aliphatic heterocycles. The summed E-state index contributed by atoms with van der Waals surface area (Å²) in [5.41, 5.74) is 3.41. The Balaban J connectivity index is 1.63. The van der Waals surface area contributed by atoms with Crippen LogP contribution in [0, 0.1) is 26.6 Å². The van der Waals surface area contributed by atoms with Crippen molar-refractivity contribution in [3.8, 4) is 0 Å². The number of hydrogen-bond acceptors (Lipinski definition) is 4. The summed E-state index contributed by atoms with van der Waals surface area (Å²) >= 11 is 0. The number of fused-ring (bicyclic) bond motifs is 2. The first-order chi connectivity index (χ1) is 13.8. The first-order valence-electron chi connectivity index (χ1n) is 9.30. The zero-order valence-corrected chi connectivity index (χ0v) is 16.4. The average molecular weight is 393 g/mol. The van der Waals surface area contributed by atoms with Crippen LogP contribution in [0.25, 0.3) is 21.9 Å². The van der Waals surface area contributed by atoms with Gasteiger partial charge in [-0.05, 0) is 55.7 Å². The van der Waals surface area contributed by atoms with E-state index in [-0.39, 0.29) is 24.7 Å². The number of benzene rings is 2. The molecule has 5 nitrogen and oxygen atoms in total. The van der Waals surface area contributed by atoms with Crippen LogP contribution < -0.4 is 10.9 Å². The molecule has 2 aromatic heterocycles. The molecule has 0 bridgehead atoms. The lowest BCUT2D eigenvalue weighted by Gasteiger charge is -2.09. The minimum absolute atomic E-state index is 0.0905.